The van der Waals surface area contributed by atoms with Gasteiger partial charge >= 0.3 is 0 Å². The average Bonchev–Trinajstić information content (AvgIpc) is 3.12. The number of carbonyl (C=O) groups excluding carboxylic acids is 1. The van der Waals surface area contributed by atoms with Gasteiger partial charge in [0.15, 0.2) is 5.96 Å². The van der Waals surface area contributed by atoms with E-state index in [0.717, 1.165) is 43.0 Å². The molecule has 2 rings (SSSR count). The van der Waals surface area contributed by atoms with Gasteiger partial charge in [-0.25, -0.2) is 0 Å². The molecule has 6 nitrogen and oxygen atoms in total. The minimum atomic E-state index is -0.314. The molecule has 1 fully saturated rings. The van der Waals surface area contributed by atoms with Gasteiger partial charge in [0.1, 0.15) is 6.10 Å². The molecule has 1 atom stereocenters. The molecule has 0 saturated carbocycles. The standard InChI is InChI=1S/C19H30N4O2.HI/c1-14(2)9-10-21-19(20-3)22-13-15-6-4-7-16(12-15)23-18(24)17-8-5-11-25-17;/h4,6-7,12,14,17H,5,8-11,13H2,1-3H3,(H,23,24)(H2,20,21,22);1H. The zero-order valence-electron chi connectivity index (χ0n) is 15.9. The van der Waals surface area contributed by atoms with Gasteiger partial charge in [-0.15, -0.1) is 24.0 Å². The van der Waals surface area contributed by atoms with Crippen molar-refractivity contribution in [1.29, 1.82) is 0 Å². The third-order valence-corrected chi connectivity index (χ3v) is 4.11. The monoisotopic (exact) mass is 474 g/mol. The Morgan fingerprint density at radius 1 is 1.35 bits per heavy atom. The third-order valence-electron chi connectivity index (χ3n) is 4.11. The summed E-state index contributed by atoms with van der Waals surface area (Å²) in [4.78, 5) is 16.4. The molecule has 1 amide bonds. The number of carbonyl (C=O) groups is 1. The highest BCUT2D eigenvalue weighted by molar-refractivity contribution is 14.0. The Morgan fingerprint density at radius 2 is 2.15 bits per heavy atom. The Morgan fingerprint density at radius 3 is 2.81 bits per heavy atom. The number of guanidine groups is 1. The molecule has 1 saturated heterocycles. The number of amides is 1. The molecule has 1 aliphatic rings. The number of nitrogens with one attached hydrogen (secondary N) is 3. The van der Waals surface area contributed by atoms with Gasteiger partial charge in [0.25, 0.3) is 5.91 Å². The van der Waals surface area contributed by atoms with Gasteiger partial charge in [-0.1, -0.05) is 26.0 Å². The second kappa shape index (κ2) is 12.1. The molecular weight excluding hydrogens is 443 g/mol. The molecule has 0 aliphatic carbocycles. The second-order valence-electron chi connectivity index (χ2n) is 6.73. The predicted octanol–water partition coefficient (Wildman–Crippen LogP) is 3.13. The van der Waals surface area contributed by atoms with Crippen molar-refractivity contribution in [2.24, 2.45) is 10.9 Å². The second-order valence-corrected chi connectivity index (χ2v) is 6.73. The van der Waals surface area contributed by atoms with E-state index in [1.54, 1.807) is 7.05 Å². The molecule has 1 aromatic carbocycles. The van der Waals surface area contributed by atoms with Crippen LogP contribution in [0.1, 0.15) is 38.7 Å². The summed E-state index contributed by atoms with van der Waals surface area (Å²) in [6.07, 6.45) is 2.53. The Kier molecular flexibility index (Phi) is 10.6. The quantitative estimate of drug-likeness (QED) is 0.323. The third kappa shape index (κ3) is 7.90. The average molecular weight is 474 g/mol. The number of rotatable bonds is 7. The number of ether oxygens (including phenoxy) is 1. The van der Waals surface area contributed by atoms with E-state index in [-0.39, 0.29) is 36.0 Å². The van der Waals surface area contributed by atoms with Gasteiger partial charge in [0.2, 0.25) is 0 Å². The first-order valence-corrected chi connectivity index (χ1v) is 9.04. The fourth-order valence-electron chi connectivity index (χ4n) is 2.65. The number of hydrogen-bond donors (Lipinski definition) is 3. The van der Waals surface area contributed by atoms with Gasteiger partial charge in [0, 0.05) is 32.4 Å². The van der Waals surface area contributed by atoms with E-state index in [1.165, 1.54) is 0 Å². The maximum atomic E-state index is 12.1. The molecule has 7 heteroatoms. The molecule has 26 heavy (non-hydrogen) atoms. The summed E-state index contributed by atoms with van der Waals surface area (Å²) in [6.45, 7) is 6.62. The van der Waals surface area contributed by atoms with Gasteiger partial charge in [0.05, 0.1) is 0 Å². The van der Waals surface area contributed by atoms with Crippen molar-refractivity contribution in [3.63, 3.8) is 0 Å². The van der Waals surface area contributed by atoms with Crippen LogP contribution in [0.5, 0.6) is 0 Å². The van der Waals surface area contributed by atoms with E-state index < -0.39 is 0 Å². The summed E-state index contributed by atoms with van der Waals surface area (Å²) in [7, 11) is 1.77. The first-order chi connectivity index (χ1) is 12.1. The van der Waals surface area contributed by atoms with E-state index in [2.05, 4.69) is 34.8 Å². The van der Waals surface area contributed by atoms with E-state index >= 15 is 0 Å². The molecular formula is C19H31IN4O2. The van der Waals surface area contributed by atoms with Crippen molar-refractivity contribution < 1.29 is 9.53 Å². The van der Waals surface area contributed by atoms with Crippen LogP contribution in [0, 0.1) is 5.92 Å². The lowest BCUT2D eigenvalue weighted by molar-refractivity contribution is -0.124. The van der Waals surface area contributed by atoms with Crippen LogP contribution < -0.4 is 16.0 Å². The van der Waals surface area contributed by atoms with Crippen molar-refractivity contribution in [3.8, 4) is 0 Å². The van der Waals surface area contributed by atoms with E-state index in [1.807, 2.05) is 24.3 Å². The zero-order valence-corrected chi connectivity index (χ0v) is 18.2. The Hall–Kier alpha value is -1.35. The van der Waals surface area contributed by atoms with Crippen LogP contribution in [-0.4, -0.2) is 38.2 Å². The lowest BCUT2D eigenvalue weighted by Gasteiger charge is -2.14. The highest BCUT2D eigenvalue weighted by Crippen LogP contribution is 2.16. The predicted molar refractivity (Wildman–Crippen MR) is 117 cm³/mol. The molecule has 146 valence electrons. The molecule has 3 N–H and O–H groups in total. The Bertz CT molecular complexity index is 587. The van der Waals surface area contributed by atoms with E-state index in [4.69, 9.17) is 4.74 Å². The Balaban J connectivity index is 0.00000338. The largest absolute Gasteiger partial charge is 0.368 e. The van der Waals surface area contributed by atoms with Gasteiger partial charge < -0.3 is 20.7 Å². The number of aliphatic imine (C=N–C) groups is 1. The number of halogens is 1. The smallest absolute Gasteiger partial charge is 0.253 e. The minimum Gasteiger partial charge on any atom is -0.368 e. The Labute approximate surface area is 173 Å². The molecule has 0 aromatic heterocycles. The summed E-state index contributed by atoms with van der Waals surface area (Å²) < 4.78 is 5.42. The van der Waals surface area contributed by atoms with Crippen molar-refractivity contribution in [3.05, 3.63) is 29.8 Å². The van der Waals surface area contributed by atoms with Gasteiger partial charge in [-0.05, 0) is 42.9 Å². The molecule has 1 heterocycles. The molecule has 0 radical (unpaired) electrons. The number of benzene rings is 1. The highest BCUT2D eigenvalue weighted by atomic mass is 127. The first-order valence-electron chi connectivity index (χ1n) is 9.04. The van der Waals surface area contributed by atoms with Crippen LogP contribution in [-0.2, 0) is 16.1 Å². The van der Waals surface area contributed by atoms with Crippen LogP contribution in [0.2, 0.25) is 0 Å². The zero-order chi connectivity index (χ0) is 18.1. The summed E-state index contributed by atoms with van der Waals surface area (Å²) in [6, 6.07) is 7.83. The number of nitrogens with zero attached hydrogens (tertiary/aromatic N) is 1. The van der Waals surface area contributed by atoms with E-state index in [9.17, 15) is 4.79 Å². The van der Waals surface area contributed by atoms with Crippen LogP contribution >= 0.6 is 24.0 Å². The van der Waals surface area contributed by atoms with Crippen molar-refractivity contribution in [2.45, 2.75) is 45.8 Å². The molecule has 1 unspecified atom stereocenters. The number of anilines is 1. The van der Waals surface area contributed by atoms with Crippen molar-refractivity contribution in [2.75, 3.05) is 25.5 Å². The maximum Gasteiger partial charge on any atom is 0.253 e. The van der Waals surface area contributed by atoms with Crippen LogP contribution in [0.4, 0.5) is 5.69 Å². The normalized spacial score (nSPS) is 16.9. The lowest BCUT2D eigenvalue weighted by Crippen LogP contribution is -2.37. The summed E-state index contributed by atoms with van der Waals surface area (Å²) in [5.74, 6) is 1.39. The van der Waals surface area contributed by atoms with Crippen molar-refractivity contribution in [1.82, 2.24) is 10.6 Å². The summed E-state index contributed by atoms with van der Waals surface area (Å²) in [5, 5.41) is 9.54. The first kappa shape index (κ1) is 22.7. The number of hydrogen-bond acceptors (Lipinski definition) is 3. The molecule has 1 aliphatic heterocycles. The summed E-state index contributed by atoms with van der Waals surface area (Å²) >= 11 is 0. The molecule has 0 spiro atoms. The van der Waals surface area contributed by atoms with Crippen LogP contribution in [0.25, 0.3) is 0 Å². The maximum absolute atomic E-state index is 12.1. The van der Waals surface area contributed by atoms with Crippen molar-refractivity contribution >= 4 is 41.5 Å². The fraction of sp³-hybridized carbons (Fsp3) is 0.579. The minimum absolute atomic E-state index is 0. The summed E-state index contributed by atoms with van der Waals surface area (Å²) in [5.41, 5.74) is 1.87. The lowest BCUT2D eigenvalue weighted by atomic mass is 10.1. The van der Waals surface area contributed by atoms with Crippen LogP contribution in [0.3, 0.4) is 0 Å². The van der Waals surface area contributed by atoms with Gasteiger partial charge in [-0.3, -0.25) is 9.79 Å². The topological polar surface area (TPSA) is 74.8 Å². The van der Waals surface area contributed by atoms with E-state index in [0.29, 0.717) is 19.1 Å². The van der Waals surface area contributed by atoms with Crippen LogP contribution in [0.15, 0.2) is 29.3 Å². The molecule has 0 bridgehead atoms. The molecule has 1 aromatic rings. The SMILES string of the molecule is CN=C(NCCC(C)C)NCc1cccc(NC(=O)C2CCCO2)c1.I. The fourth-order valence-corrected chi connectivity index (χ4v) is 2.65. The van der Waals surface area contributed by atoms with Gasteiger partial charge in [-0.2, -0.15) is 0 Å². The highest BCUT2D eigenvalue weighted by Gasteiger charge is 2.23.